The topological polar surface area (TPSA) is 191 Å². The van der Waals surface area contributed by atoms with Crippen LogP contribution in [0.15, 0.2) is 86.4 Å². The summed E-state index contributed by atoms with van der Waals surface area (Å²) in [5.41, 5.74) is 5.71. The Labute approximate surface area is 378 Å². The van der Waals surface area contributed by atoms with Crippen LogP contribution in [0.3, 0.4) is 0 Å². The van der Waals surface area contributed by atoms with Gasteiger partial charge in [0.1, 0.15) is 13.1 Å². The number of anilines is 4. The molecule has 0 unspecified atom stereocenters. The summed E-state index contributed by atoms with van der Waals surface area (Å²) >= 11 is 6.14. The van der Waals surface area contributed by atoms with E-state index in [1.165, 1.54) is 50.7 Å². The lowest BCUT2D eigenvalue weighted by atomic mass is 9.86. The maximum atomic E-state index is 12.8. The Kier molecular flexibility index (Phi) is 11.0. The summed E-state index contributed by atoms with van der Waals surface area (Å²) < 4.78 is 4.14. The van der Waals surface area contributed by atoms with Crippen LogP contribution < -0.4 is 20.4 Å². The molecule has 4 aliphatic heterocycles. The van der Waals surface area contributed by atoms with Gasteiger partial charge in [0.05, 0.1) is 37.1 Å². The molecule has 63 heavy (non-hydrogen) atoms. The van der Waals surface area contributed by atoms with Gasteiger partial charge < -0.3 is 19.8 Å². The zero-order valence-electron chi connectivity index (χ0n) is 34.9. The van der Waals surface area contributed by atoms with Gasteiger partial charge in [0.15, 0.2) is 33.3 Å². The maximum Gasteiger partial charge on any atom is 0.280 e. The normalized spacial score (nSPS) is 15.3. The van der Waals surface area contributed by atoms with Gasteiger partial charge in [-0.25, -0.2) is 19.9 Å². The van der Waals surface area contributed by atoms with Crippen LogP contribution in [-0.2, 0) is 28.1 Å². The van der Waals surface area contributed by atoms with E-state index in [1.807, 2.05) is 44.8 Å². The van der Waals surface area contributed by atoms with E-state index in [0.29, 0.717) is 71.4 Å². The van der Waals surface area contributed by atoms with Gasteiger partial charge in [-0.3, -0.25) is 48.8 Å². The van der Waals surface area contributed by atoms with E-state index in [9.17, 15) is 19.2 Å². The van der Waals surface area contributed by atoms with Gasteiger partial charge in [0.25, 0.3) is 11.8 Å². The molecule has 21 heteroatoms. The van der Waals surface area contributed by atoms with Gasteiger partial charge in [0.2, 0.25) is 23.7 Å². The second-order valence-corrected chi connectivity index (χ2v) is 18.6. The first kappa shape index (κ1) is 41.8. The molecule has 6 aromatic rings. The number of guanidine groups is 2. The van der Waals surface area contributed by atoms with Crippen molar-refractivity contribution in [1.29, 1.82) is 0 Å². The number of aliphatic imine (C=N–C) groups is 2. The highest BCUT2D eigenvalue weighted by atomic mass is 79.9. The van der Waals surface area contributed by atoms with Crippen molar-refractivity contribution in [2.75, 3.05) is 60.7 Å². The molecule has 0 fully saturated rings. The molecule has 10 rings (SSSR count). The fourth-order valence-corrected chi connectivity index (χ4v) is 9.21. The van der Waals surface area contributed by atoms with Crippen LogP contribution in [0.25, 0.3) is 22.5 Å². The molecule has 4 aliphatic rings. The minimum atomic E-state index is -0.275. The smallest absolute Gasteiger partial charge is 0.280 e. The minimum Gasteiger partial charge on any atom is -0.315 e. The summed E-state index contributed by atoms with van der Waals surface area (Å²) in [6.07, 6.45) is 3.05. The molecular formula is C42H41BrN14O4S2. The van der Waals surface area contributed by atoms with Crippen molar-refractivity contribution in [3.63, 3.8) is 0 Å². The third kappa shape index (κ3) is 8.14. The van der Waals surface area contributed by atoms with Crippen LogP contribution in [0, 0.1) is 0 Å². The Balaban J connectivity index is 0.000000161. The van der Waals surface area contributed by atoms with E-state index in [2.05, 4.69) is 102 Å². The van der Waals surface area contributed by atoms with Crippen LogP contribution in [0.5, 0.6) is 0 Å². The summed E-state index contributed by atoms with van der Waals surface area (Å²) in [4.78, 5) is 84.3. The van der Waals surface area contributed by atoms with Crippen molar-refractivity contribution in [2.24, 2.45) is 9.98 Å². The molecular weight excluding hydrogens is 909 g/mol. The molecule has 0 atom stereocenters. The number of benzene rings is 2. The third-order valence-corrected chi connectivity index (χ3v) is 12.8. The van der Waals surface area contributed by atoms with E-state index < -0.39 is 0 Å². The van der Waals surface area contributed by atoms with Gasteiger partial charge in [-0.05, 0) is 23.1 Å². The lowest BCUT2D eigenvalue weighted by Crippen LogP contribution is -2.48. The number of thiazole rings is 2. The fraction of sp³-hybridized carbons (Fsp3) is 0.286. The first-order valence-corrected chi connectivity index (χ1v) is 22.5. The molecule has 4 amide bonds. The Morgan fingerprint density at radius 1 is 0.683 bits per heavy atom. The number of fused-ring (bicyclic) bond motifs is 6. The molecule has 4 aromatic heterocycles. The highest BCUT2D eigenvalue weighted by Gasteiger charge is 2.40. The number of hydrogen-bond acceptors (Lipinski definition) is 14. The van der Waals surface area contributed by atoms with Crippen molar-refractivity contribution >= 4 is 96.1 Å². The molecule has 18 nitrogen and oxygen atoms in total. The Morgan fingerprint density at radius 3 is 1.54 bits per heavy atom. The van der Waals surface area contributed by atoms with E-state index in [1.54, 1.807) is 23.2 Å². The zero-order chi connectivity index (χ0) is 44.2. The minimum absolute atomic E-state index is 0.0303. The van der Waals surface area contributed by atoms with Crippen molar-refractivity contribution in [2.45, 2.75) is 39.3 Å². The SMILES string of the molecule is CN1C(=O)c2c(ncn2CC(=O)Nc2nc(-c3ccc(Br)cc3)cs2)N2CCN=C12.CN1C(=O)c2c(ncn2CC(=O)Nc2nc(-c3ccc(C(C)(C)C)cc3)cs2)N2CCN=C12. The van der Waals surface area contributed by atoms with Crippen LogP contribution >= 0.6 is 38.6 Å². The van der Waals surface area contributed by atoms with E-state index in [4.69, 9.17) is 0 Å². The maximum absolute atomic E-state index is 12.8. The largest absolute Gasteiger partial charge is 0.315 e. The highest BCUT2D eigenvalue weighted by molar-refractivity contribution is 9.10. The van der Waals surface area contributed by atoms with Crippen LogP contribution in [0.2, 0.25) is 0 Å². The first-order chi connectivity index (χ1) is 30.2. The quantitative estimate of drug-likeness (QED) is 0.187. The van der Waals surface area contributed by atoms with Crippen molar-refractivity contribution in [3.05, 3.63) is 93.4 Å². The van der Waals surface area contributed by atoms with Gasteiger partial charge in [-0.1, -0.05) is 73.1 Å². The van der Waals surface area contributed by atoms with Crippen molar-refractivity contribution < 1.29 is 19.2 Å². The second kappa shape index (κ2) is 16.6. The molecule has 0 saturated heterocycles. The summed E-state index contributed by atoms with van der Waals surface area (Å²) in [5, 5.41) is 10.5. The lowest BCUT2D eigenvalue weighted by Gasteiger charge is -2.30. The Morgan fingerprint density at radius 2 is 1.11 bits per heavy atom. The predicted octanol–water partition coefficient (Wildman–Crippen LogP) is 5.87. The average molecular weight is 950 g/mol. The third-order valence-electron chi connectivity index (χ3n) is 10.7. The fourth-order valence-electron chi connectivity index (χ4n) is 7.48. The number of amides is 4. The molecule has 0 radical (unpaired) electrons. The van der Waals surface area contributed by atoms with Gasteiger partial charge in [-0.2, -0.15) is 0 Å². The number of imidazole rings is 2. The first-order valence-electron chi connectivity index (χ1n) is 19.9. The molecule has 0 bridgehead atoms. The Bertz CT molecular complexity index is 2840. The molecule has 2 aromatic carbocycles. The van der Waals surface area contributed by atoms with Crippen molar-refractivity contribution in [3.8, 4) is 22.5 Å². The number of hydrogen-bond donors (Lipinski definition) is 2. The molecule has 8 heterocycles. The summed E-state index contributed by atoms with van der Waals surface area (Å²) in [5.74, 6) is 1.32. The van der Waals surface area contributed by atoms with Crippen LogP contribution in [-0.4, -0.2) is 115 Å². The van der Waals surface area contributed by atoms with Gasteiger partial charge in [0, 0.05) is 53.5 Å². The molecule has 2 N–H and O–H groups in total. The lowest BCUT2D eigenvalue weighted by molar-refractivity contribution is -0.117. The summed E-state index contributed by atoms with van der Waals surface area (Å²) in [6.45, 7) is 9.04. The monoisotopic (exact) mass is 948 g/mol. The molecule has 322 valence electrons. The van der Waals surface area contributed by atoms with Gasteiger partial charge >= 0.3 is 0 Å². The number of nitrogens with zero attached hydrogens (tertiary/aromatic N) is 12. The summed E-state index contributed by atoms with van der Waals surface area (Å²) in [7, 11) is 3.37. The Hall–Kier alpha value is -6.58. The van der Waals surface area contributed by atoms with Crippen molar-refractivity contribution in [1.82, 2.24) is 38.9 Å². The number of carbonyl (C=O) groups is 4. The second-order valence-electron chi connectivity index (χ2n) is 16.0. The number of nitrogens with one attached hydrogen (secondary N) is 2. The summed E-state index contributed by atoms with van der Waals surface area (Å²) in [6, 6.07) is 16.1. The van der Waals surface area contributed by atoms with E-state index >= 15 is 0 Å². The number of halogens is 1. The van der Waals surface area contributed by atoms with Crippen LogP contribution in [0.4, 0.5) is 21.9 Å². The standard InChI is InChI=1S/C23H25N7O2S.C19H16BrN7O2S/c1-23(2,3)15-7-5-14(6-8-15)16-12-33-21(26-16)27-17(31)11-29-13-25-19-18(29)20(32)28(4)22-24-9-10-30(19)22;1-25-17(29)15-16(27-7-6-21-19(25)27)22-10-26(15)8-14(28)24-18-23-13(9-30-18)11-2-4-12(20)5-3-11/h5-8,12-13H,9-11H2,1-4H3,(H,26,27,31);2-5,9-10H,6-8H2,1H3,(H,23,24,28). The number of carbonyl (C=O) groups excluding carboxylic acids is 4. The molecule has 0 aliphatic carbocycles. The average Bonchev–Trinajstić information content (AvgIpc) is 4.11. The van der Waals surface area contributed by atoms with Gasteiger partial charge in [-0.15, -0.1) is 22.7 Å². The molecule has 0 saturated carbocycles. The number of aromatic nitrogens is 6. The molecule has 0 spiro atoms. The predicted molar refractivity (Wildman–Crippen MR) is 247 cm³/mol. The van der Waals surface area contributed by atoms with E-state index in [-0.39, 0.29) is 42.1 Å². The van der Waals surface area contributed by atoms with Crippen LogP contribution in [0.1, 0.15) is 47.3 Å². The zero-order valence-corrected chi connectivity index (χ0v) is 38.1. The highest BCUT2D eigenvalue weighted by Crippen LogP contribution is 2.32. The number of rotatable bonds is 8. The van der Waals surface area contributed by atoms with E-state index in [0.717, 1.165) is 27.0 Å².